The van der Waals surface area contributed by atoms with Gasteiger partial charge in [-0.15, -0.1) is 0 Å². The molecule has 0 unspecified atom stereocenters. The third kappa shape index (κ3) is 3.58. The van der Waals surface area contributed by atoms with Crippen molar-refractivity contribution in [1.82, 2.24) is 15.3 Å². The van der Waals surface area contributed by atoms with Crippen molar-refractivity contribution in [1.29, 1.82) is 0 Å². The first kappa shape index (κ1) is 16.5. The number of carbonyl (C=O) groups is 1. The van der Waals surface area contributed by atoms with Crippen LogP contribution in [0.4, 0.5) is 5.82 Å². The predicted molar refractivity (Wildman–Crippen MR) is 91.7 cm³/mol. The highest BCUT2D eigenvalue weighted by Crippen LogP contribution is 2.24. The van der Waals surface area contributed by atoms with E-state index in [9.17, 15) is 4.79 Å². The molecule has 1 aliphatic heterocycles. The van der Waals surface area contributed by atoms with E-state index in [1.807, 2.05) is 26.8 Å². The molecule has 0 radical (unpaired) electrons. The maximum Gasteiger partial charge on any atom is 0.223 e. The zero-order valence-corrected chi connectivity index (χ0v) is 14.5. The predicted octanol–water partition coefficient (Wildman–Crippen LogP) is 2.78. The Labute approximate surface area is 142 Å². The summed E-state index contributed by atoms with van der Waals surface area (Å²) in [6.45, 7) is 7.52. The summed E-state index contributed by atoms with van der Waals surface area (Å²) < 4.78 is 5.55. The van der Waals surface area contributed by atoms with Gasteiger partial charge in [-0.25, -0.2) is 4.98 Å². The van der Waals surface area contributed by atoms with Crippen LogP contribution in [0.25, 0.3) is 0 Å². The van der Waals surface area contributed by atoms with Crippen LogP contribution in [0.3, 0.4) is 0 Å². The van der Waals surface area contributed by atoms with Gasteiger partial charge in [-0.05, 0) is 39.7 Å². The van der Waals surface area contributed by atoms with Crippen LogP contribution in [0, 0.1) is 19.8 Å². The van der Waals surface area contributed by atoms with Gasteiger partial charge in [0.25, 0.3) is 0 Å². The SMILES string of the molecule is Cc1cc([C@@H](C)NC(=O)C2CCN(c3cnccn3)CC2)c(C)o1. The normalized spacial score (nSPS) is 16.9. The zero-order valence-electron chi connectivity index (χ0n) is 14.5. The van der Waals surface area contributed by atoms with E-state index in [4.69, 9.17) is 4.42 Å². The average Bonchev–Trinajstić information content (AvgIpc) is 2.94. The summed E-state index contributed by atoms with van der Waals surface area (Å²) in [5, 5.41) is 3.13. The molecule has 0 spiro atoms. The van der Waals surface area contributed by atoms with E-state index in [1.54, 1.807) is 18.6 Å². The van der Waals surface area contributed by atoms with Gasteiger partial charge in [0.1, 0.15) is 17.3 Å². The van der Waals surface area contributed by atoms with Crippen molar-refractivity contribution in [2.75, 3.05) is 18.0 Å². The lowest BCUT2D eigenvalue weighted by atomic mass is 9.95. The molecule has 6 heteroatoms. The Hall–Kier alpha value is -2.37. The summed E-state index contributed by atoms with van der Waals surface area (Å²) in [5.41, 5.74) is 1.05. The molecule has 24 heavy (non-hydrogen) atoms. The van der Waals surface area contributed by atoms with E-state index in [0.29, 0.717) is 0 Å². The highest BCUT2D eigenvalue weighted by molar-refractivity contribution is 5.79. The second-order valence-electron chi connectivity index (χ2n) is 6.42. The molecule has 6 nitrogen and oxygen atoms in total. The minimum atomic E-state index is -0.0343. The molecule has 1 amide bonds. The van der Waals surface area contributed by atoms with Gasteiger partial charge in [0, 0.05) is 37.0 Å². The van der Waals surface area contributed by atoms with E-state index >= 15 is 0 Å². The molecule has 0 aromatic carbocycles. The molecule has 1 aliphatic rings. The van der Waals surface area contributed by atoms with Crippen molar-refractivity contribution in [3.05, 3.63) is 41.7 Å². The number of carbonyl (C=O) groups excluding carboxylic acids is 1. The second-order valence-corrected chi connectivity index (χ2v) is 6.42. The van der Waals surface area contributed by atoms with Crippen LogP contribution in [0.2, 0.25) is 0 Å². The number of aryl methyl sites for hydroxylation is 2. The van der Waals surface area contributed by atoms with E-state index in [2.05, 4.69) is 20.2 Å². The van der Waals surface area contributed by atoms with Gasteiger partial charge >= 0.3 is 0 Å². The van der Waals surface area contributed by atoms with Crippen LogP contribution in [-0.2, 0) is 4.79 Å². The maximum absolute atomic E-state index is 12.6. The van der Waals surface area contributed by atoms with Gasteiger partial charge in [-0.1, -0.05) is 0 Å². The first-order valence-electron chi connectivity index (χ1n) is 8.43. The number of nitrogens with zero attached hydrogens (tertiary/aromatic N) is 3. The lowest BCUT2D eigenvalue weighted by Crippen LogP contribution is -2.41. The van der Waals surface area contributed by atoms with Gasteiger partial charge in [0.15, 0.2) is 0 Å². The molecule has 1 atom stereocenters. The number of piperidine rings is 1. The van der Waals surface area contributed by atoms with Crippen molar-refractivity contribution in [2.45, 2.75) is 39.7 Å². The molecule has 0 bridgehead atoms. The summed E-state index contributed by atoms with van der Waals surface area (Å²) in [5.74, 6) is 2.81. The van der Waals surface area contributed by atoms with Crippen LogP contribution in [0.15, 0.2) is 29.1 Å². The molecule has 0 saturated carbocycles. The maximum atomic E-state index is 12.6. The Kier molecular flexibility index (Phi) is 4.83. The van der Waals surface area contributed by atoms with Crippen molar-refractivity contribution in [3.63, 3.8) is 0 Å². The first-order chi connectivity index (χ1) is 11.5. The van der Waals surface area contributed by atoms with Gasteiger partial charge in [-0.2, -0.15) is 0 Å². The minimum absolute atomic E-state index is 0.0343. The number of rotatable bonds is 4. The molecular formula is C18H24N4O2. The van der Waals surface area contributed by atoms with Gasteiger partial charge in [0.05, 0.1) is 12.2 Å². The standard InChI is InChI=1S/C18H24N4O2/c1-12-10-16(14(3)24-12)13(2)21-18(23)15-4-8-22(9-5-15)17-11-19-6-7-20-17/h6-7,10-11,13,15H,4-5,8-9H2,1-3H3,(H,21,23)/t13-/m1/s1. The minimum Gasteiger partial charge on any atom is -0.466 e. The van der Waals surface area contributed by atoms with E-state index in [-0.39, 0.29) is 17.9 Å². The molecule has 1 N–H and O–H groups in total. The van der Waals surface area contributed by atoms with Crippen LogP contribution in [0.5, 0.6) is 0 Å². The van der Waals surface area contributed by atoms with Gasteiger partial charge in [-0.3, -0.25) is 9.78 Å². The fraction of sp³-hybridized carbons (Fsp3) is 0.500. The Morgan fingerprint density at radius 2 is 2.08 bits per heavy atom. The fourth-order valence-corrected chi connectivity index (χ4v) is 3.31. The Bertz CT molecular complexity index is 690. The van der Waals surface area contributed by atoms with Crippen molar-refractivity contribution < 1.29 is 9.21 Å². The number of hydrogen-bond donors (Lipinski definition) is 1. The fourth-order valence-electron chi connectivity index (χ4n) is 3.31. The molecule has 3 rings (SSSR count). The quantitative estimate of drug-likeness (QED) is 0.934. The zero-order chi connectivity index (χ0) is 17.1. The number of hydrogen-bond acceptors (Lipinski definition) is 5. The Morgan fingerprint density at radius 1 is 1.33 bits per heavy atom. The second kappa shape index (κ2) is 7.03. The van der Waals surface area contributed by atoms with Crippen LogP contribution in [0.1, 0.15) is 42.9 Å². The van der Waals surface area contributed by atoms with Gasteiger partial charge in [0.2, 0.25) is 5.91 Å². The summed E-state index contributed by atoms with van der Waals surface area (Å²) in [4.78, 5) is 23.2. The third-order valence-corrected chi connectivity index (χ3v) is 4.64. The molecule has 2 aromatic heterocycles. The lowest BCUT2D eigenvalue weighted by molar-refractivity contribution is -0.126. The highest BCUT2D eigenvalue weighted by Gasteiger charge is 2.27. The molecule has 2 aromatic rings. The molecule has 0 aliphatic carbocycles. The number of aromatic nitrogens is 2. The Balaban J connectivity index is 1.54. The number of anilines is 1. The third-order valence-electron chi connectivity index (χ3n) is 4.64. The highest BCUT2D eigenvalue weighted by atomic mass is 16.3. The van der Waals surface area contributed by atoms with E-state index < -0.39 is 0 Å². The van der Waals surface area contributed by atoms with Crippen molar-refractivity contribution in [3.8, 4) is 0 Å². The molecule has 128 valence electrons. The Morgan fingerprint density at radius 3 is 2.67 bits per heavy atom. The van der Waals surface area contributed by atoms with E-state index in [1.165, 1.54) is 0 Å². The van der Waals surface area contributed by atoms with Gasteiger partial charge < -0.3 is 14.6 Å². The van der Waals surface area contributed by atoms with E-state index in [0.717, 1.165) is 48.8 Å². The number of amides is 1. The summed E-state index contributed by atoms with van der Waals surface area (Å²) in [6.07, 6.45) is 6.80. The largest absolute Gasteiger partial charge is 0.466 e. The van der Waals surface area contributed by atoms with Crippen molar-refractivity contribution >= 4 is 11.7 Å². The van der Waals surface area contributed by atoms with Crippen LogP contribution < -0.4 is 10.2 Å². The summed E-state index contributed by atoms with van der Waals surface area (Å²) >= 11 is 0. The molecular weight excluding hydrogens is 304 g/mol. The topological polar surface area (TPSA) is 71.3 Å². The molecule has 1 fully saturated rings. The summed E-state index contributed by atoms with van der Waals surface area (Å²) in [7, 11) is 0. The molecule has 1 saturated heterocycles. The molecule has 3 heterocycles. The average molecular weight is 328 g/mol. The number of nitrogens with one attached hydrogen (secondary N) is 1. The van der Waals surface area contributed by atoms with Crippen LogP contribution in [-0.4, -0.2) is 29.0 Å². The lowest BCUT2D eigenvalue weighted by Gasteiger charge is -2.32. The monoisotopic (exact) mass is 328 g/mol. The van der Waals surface area contributed by atoms with Crippen molar-refractivity contribution in [2.24, 2.45) is 5.92 Å². The summed E-state index contributed by atoms with van der Waals surface area (Å²) in [6, 6.07) is 1.96. The van der Waals surface area contributed by atoms with Crippen LogP contribution >= 0.6 is 0 Å². The number of furan rings is 1. The smallest absolute Gasteiger partial charge is 0.223 e. The first-order valence-corrected chi connectivity index (χ1v) is 8.43.